The minimum absolute atomic E-state index is 0.0568. The van der Waals surface area contributed by atoms with Crippen molar-refractivity contribution < 1.29 is 23.5 Å². The van der Waals surface area contributed by atoms with Gasteiger partial charge >= 0.3 is 5.97 Å². The van der Waals surface area contributed by atoms with Crippen molar-refractivity contribution in [2.75, 3.05) is 5.32 Å². The molecule has 0 radical (unpaired) electrons. The van der Waals surface area contributed by atoms with E-state index in [4.69, 9.17) is 4.42 Å². The van der Waals surface area contributed by atoms with Gasteiger partial charge in [-0.2, -0.15) is 4.98 Å². The summed E-state index contributed by atoms with van der Waals surface area (Å²) in [6.45, 7) is 0. The highest BCUT2D eigenvalue weighted by atomic mass is 19.1. The molecular formula is C33H29FN2O4. The lowest BCUT2D eigenvalue weighted by atomic mass is 9.93. The number of carboxylic acid groups (broad SMARTS) is 1. The highest BCUT2D eigenvalue weighted by molar-refractivity contribution is 5.96. The van der Waals surface area contributed by atoms with Gasteiger partial charge in [-0.25, -0.2) is 4.39 Å². The normalized spacial score (nSPS) is 11.8. The zero-order valence-electron chi connectivity index (χ0n) is 21.8. The minimum atomic E-state index is -0.848. The number of benzene rings is 4. The van der Waals surface area contributed by atoms with Gasteiger partial charge in [0, 0.05) is 23.7 Å². The molecule has 0 aliphatic carbocycles. The maximum atomic E-state index is 13.4. The monoisotopic (exact) mass is 536 g/mol. The number of aryl methyl sites for hydroxylation is 1. The van der Waals surface area contributed by atoms with Crippen molar-refractivity contribution in [2.45, 2.75) is 32.1 Å². The fourth-order valence-corrected chi connectivity index (χ4v) is 4.71. The number of nitrogens with one attached hydrogen (secondary N) is 1. The van der Waals surface area contributed by atoms with Crippen LogP contribution >= 0.6 is 0 Å². The van der Waals surface area contributed by atoms with Crippen LogP contribution in [-0.2, 0) is 11.2 Å². The Labute approximate surface area is 231 Å². The van der Waals surface area contributed by atoms with Gasteiger partial charge in [0.2, 0.25) is 0 Å². The zero-order chi connectivity index (χ0) is 27.9. The highest BCUT2D eigenvalue weighted by Crippen LogP contribution is 2.26. The Hall–Kier alpha value is -4.78. The number of rotatable bonds is 12. The van der Waals surface area contributed by atoms with E-state index in [1.807, 2.05) is 66.7 Å². The number of carbonyl (C=O) groups excluding carboxylic acids is 1. The van der Waals surface area contributed by atoms with E-state index in [0.29, 0.717) is 29.5 Å². The van der Waals surface area contributed by atoms with Crippen LogP contribution in [0.4, 0.5) is 16.1 Å². The van der Waals surface area contributed by atoms with Crippen molar-refractivity contribution in [3.63, 3.8) is 0 Å². The number of hydrogen-bond donors (Lipinski definition) is 2. The topological polar surface area (TPSA) is 92.4 Å². The van der Waals surface area contributed by atoms with E-state index in [2.05, 4.69) is 10.3 Å². The largest absolute Gasteiger partial charge is 0.481 e. The van der Waals surface area contributed by atoms with Gasteiger partial charge in [0.25, 0.3) is 6.01 Å². The van der Waals surface area contributed by atoms with Crippen LogP contribution in [-0.4, -0.2) is 21.8 Å². The molecular weight excluding hydrogens is 507 g/mol. The SMILES string of the molecule is O=C(CCC(CCCc1ccccc1)C(=O)O)c1ccc(-c2ccc(Nc3nc4cc(F)ccc4o3)cc2)cc1. The summed E-state index contributed by atoms with van der Waals surface area (Å²) in [6.07, 6.45) is 2.67. The molecule has 5 aromatic rings. The lowest BCUT2D eigenvalue weighted by Crippen LogP contribution is -2.15. The second kappa shape index (κ2) is 12.4. The summed E-state index contributed by atoms with van der Waals surface area (Å²) in [5, 5.41) is 12.7. The molecule has 0 saturated heterocycles. The van der Waals surface area contributed by atoms with E-state index in [0.717, 1.165) is 29.7 Å². The molecule has 202 valence electrons. The van der Waals surface area contributed by atoms with Gasteiger partial charge in [0.05, 0.1) is 5.92 Å². The molecule has 6 nitrogen and oxygen atoms in total. The number of carbonyl (C=O) groups is 2. The average Bonchev–Trinajstić information content (AvgIpc) is 3.37. The molecule has 2 N–H and O–H groups in total. The molecule has 0 fully saturated rings. The third-order valence-electron chi connectivity index (χ3n) is 6.96. The first-order chi connectivity index (χ1) is 19.4. The van der Waals surface area contributed by atoms with Crippen molar-refractivity contribution in [3.05, 3.63) is 114 Å². The van der Waals surface area contributed by atoms with Crippen molar-refractivity contribution in [3.8, 4) is 11.1 Å². The number of ketones is 1. The Morgan fingerprint density at radius 2 is 1.57 bits per heavy atom. The third kappa shape index (κ3) is 6.80. The second-order valence-corrected chi connectivity index (χ2v) is 9.79. The van der Waals surface area contributed by atoms with E-state index in [9.17, 15) is 19.1 Å². The maximum Gasteiger partial charge on any atom is 0.306 e. The Kier molecular flexibility index (Phi) is 8.30. The van der Waals surface area contributed by atoms with Gasteiger partial charge in [-0.15, -0.1) is 0 Å². The van der Waals surface area contributed by atoms with E-state index in [1.165, 1.54) is 23.8 Å². The van der Waals surface area contributed by atoms with E-state index in [-0.39, 0.29) is 24.0 Å². The number of anilines is 2. The summed E-state index contributed by atoms with van der Waals surface area (Å²) < 4.78 is 19.0. The molecule has 4 aromatic carbocycles. The standard InChI is InChI=1S/C33H29FN2O4/c34-27-16-20-31-29(21-27)36-33(40-31)35-28-17-13-24(14-18-28)23-9-11-25(12-10-23)30(37)19-15-26(32(38)39)8-4-7-22-5-2-1-3-6-22/h1-3,5-6,9-14,16-18,20-21,26H,4,7-8,15,19H2,(H,35,36)(H,38,39). The van der Waals surface area contributed by atoms with Crippen molar-refractivity contribution in [2.24, 2.45) is 5.92 Å². The summed E-state index contributed by atoms with van der Waals surface area (Å²) in [6, 6.07) is 29.4. The van der Waals surface area contributed by atoms with Gasteiger partial charge in [-0.3, -0.25) is 9.59 Å². The Morgan fingerprint density at radius 3 is 2.27 bits per heavy atom. The summed E-state index contributed by atoms with van der Waals surface area (Å²) >= 11 is 0. The summed E-state index contributed by atoms with van der Waals surface area (Å²) in [4.78, 5) is 28.8. The summed E-state index contributed by atoms with van der Waals surface area (Å²) in [5.74, 6) is -1.81. The molecule has 0 bridgehead atoms. The molecule has 1 aromatic heterocycles. The van der Waals surface area contributed by atoms with Crippen LogP contribution in [0.25, 0.3) is 22.2 Å². The molecule has 7 heteroatoms. The van der Waals surface area contributed by atoms with E-state index < -0.39 is 11.9 Å². The predicted molar refractivity (Wildman–Crippen MR) is 153 cm³/mol. The van der Waals surface area contributed by atoms with Crippen molar-refractivity contribution in [1.82, 2.24) is 4.98 Å². The molecule has 1 unspecified atom stereocenters. The van der Waals surface area contributed by atoms with Crippen LogP contribution in [0.15, 0.2) is 101 Å². The molecule has 40 heavy (non-hydrogen) atoms. The van der Waals surface area contributed by atoms with Crippen molar-refractivity contribution in [1.29, 1.82) is 0 Å². The van der Waals surface area contributed by atoms with Crippen LogP contribution in [0.3, 0.4) is 0 Å². The second-order valence-electron chi connectivity index (χ2n) is 9.79. The van der Waals surface area contributed by atoms with Gasteiger partial charge in [-0.1, -0.05) is 66.7 Å². The van der Waals surface area contributed by atoms with E-state index in [1.54, 1.807) is 12.1 Å². The predicted octanol–water partition coefficient (Wildman–Crippen LogP) is 8.06. The lowest BCUT2D eigenvalue weighted by Gasteiger charge is -2.12. The molecule has 1 atom stereocenters. The Morgan fingerprint density at radius 1 is 0.875 bits per heavy atom. The van der Waals surface area contributed by atoms with E-state index >= 15 is 0 Å². The smallest absolute Gasteiger partial charge is 0.306 e. The summed E-state index contributed by atoms with van der Waals surface area (Å²) in [7, 11) is 0. The molecule has 0 spiro atoms. The van der Waals surface area contributed by atoms with Crippen LogP contribution in [0.2, 0.25) is 0 Å². The molecule has 1 heterocycles. The minimum Gasteiger partial charge on any atom is -0.481 e. The number of aromatic nitrogens is 1. The van der Waals surface area contributed by atoms with Crippen molar-refractivity contribution >= 4 is 34.6 Å². The maximum absolute atomic E-state index is 13.4. The van der Waals surface area contributed by atoms with Gasteiger partial charge in [0.1, 0.15) is 11.3 Å². The van der Waals surface area contributed by atoms with Crippen LogP contribution in [0.5, 0.6) is 0 Å². The fourth-order valence-electron chi connectivity index (χ4n) is 4.71. The molecule has 5 rings (SSSR count). The van der Waals surface area contributed by atoms with Crippen LogP contribution in [0.1, 0.15) is 41.6 Å². The average molecular weight is 537 g/mol. The van der Waals surface area contributed by atoms with Gasteiger partial charge in [0.15, 0.2) is 11.4 Å². The number of oxazole rings is 1. The molecule has 0 aliphatic heterocycles. The number of Topliss-reactive ketones (excluding diaryl/α,β-unsaturated/α-hetero) is 1. The first-order valence-electron chi connectivity index (χ1n) is 13.3. The number of fused-ring (bicyclic) bond motifs is 1. The Bertz CT molecular complexity index is 1600. The summed E-state index contributed by atoms with van der Waals surface area (Å²) in [5.41, 5.74) is 5.38. The van der Waals surface area contributed by atoms with Gasteiger partial charge < -0.3 is 14.8 Å². The first kappa shape index (κ1) is 26.8. The highest BCUT2D eigenvalue weighted by Gasteiger charge is 2.19. The zero-order valence-corrected chi connectivity index (χ0v) is 21.8. The number of hydrogen-bond acceptors (Lipinski definition) is 5. The lowest BCUT2D eigenvalue weighted by molar-refractivity contribution is -0.142. The number of aliphatic carboxylic acids is 1. The fraction of sp³-hybridized carbons (Fsp3) is 0.182. The number of halogens is 1. The Balaban J connectivity index is 1.14. The van der Waals surface area contributed by atoms with Crippen LogP contribution < -0.4 is 5.32 Å². The van der Waals surface area contributed by atoms with Gasteiger partial charge in [-0.05, 0) is 66.6 Å². The number of nitrogens with zero attached hydrogens (tertiary/aromatic N) is 1. The molecule has 0 aliphatic rings. The molecule has 0 amide bonds. The quantitative estimate of drug-likeness (QED) is 0.157. The van der Waals surface area contributed by atoms with Crippen LogP contribution in [0, 0.1) is 11.7 Å². The first-order valence-corrected chi connectivity index (χ1v) is 13.3. The third-order valence-corrected chi connectivity index (χ3v) is 6.96. The number of carboxylic acids is 1. The molecule has 0 saturated carbocycles.